The highest BCUT2D eigenvalue weighted by atomic mass is 19.1. The van der Waals surface area contributed by atoms with Crippen molar-refractivity contribution in [1.29, 1.82) is 5.41 Å². The van der Waals surface area contributed by atoms with E-state index in [9.17, 15) is 4.39 Å². The number of hydrogen-bond donors (Lipinski definition) is 1. The number of halogens is 1. The topological polar surface area (TPSA) is 48.7 Å². The van der Waals surface area contributed by atoms with Crippen LogP contribution >= 0.6 is 0 Å². The van der Waals surface area contributed by atoms with E-state index in [1.807, 2.05) is 30.3 Å². The van der Waals surface area contributed by atoms with Gasteiger partial charge in [0.1, 0.15) is 6.73 Å². The summed E-state index contributed by atoms with van der Waals surface area (Å²) in [7, 11) is 0. The van der Waals surface area contributed by atoms with Crippen LogP contribution in [0.4, 0.5) is 4.39 Å². The average Bonchev–Trinajstić information content (AvgIpc) is 2.35. The zero-order valence-corrected chi connectivity index (χ0v) is 9.34. The van der Waals surface area contributed by atoms with Crippen LogP contribution in [-0.2, 0) is 11.3 Å². The van der Waals surface area contributed by atoms with E-state index in [4.69, 9.17) is 10.1 Å². The summed E-state index contributed by atoms with van der Waals surface area (Å²) in [6.07, 6.45) is 0.129. The predicted molar refractivity (Wildman–Crippen MR) is 63.9 cm³/mol. The minimum Gasteiger partial charge on any atom is -0.356 e. The highest BCUT2D eigenvalue weighted by molar-refractivity contribution is 5.92. The van der Waals surface area contributed by atoms with Gasteiger partial charge in [-0.15, -0.1) is 0 Å². The van der Waals surface area contributed by atoms with Crippen molar-refractivity contribution >= 4 is 12.2 Å². The first-order valence-corrected chi connectivity index (χ1v) is 5.38. The number of nitrogens with one attached hydrogen (secondary N) is 1. The Kier molecular flexibility index (Phi) is 3.82. The number of rotatable bonds is 4. The standard InChI is InChI=1S/C12H14FN3O/c13-11-6-16(8-15-12(11)14)9-17-7-10-4-2-1-3-5-10/h1-5,8,11,14H,6-7,9H2. The zero-order chi connectivity index (χ0) is 12.1. The van der Waals surface area contributed by atoms with Gasteiger partial charge in [0.2, 0.25) is 0 Å². The molecule has 17 heavy (non-hydrogen) atoms. The number of hydrogen-bond acceptors (Lipinski definition) is 3. The van der Waals surface area contributed by atoms with Gasteiger partial charge in [0, 0.05) is 0 Å². The summed E-state index contributed by atoms with van der Waals surface area (Å²) in [6.45, 7) is 0.906. The quantitative estimate of drug-likeness (QED) is 0.865. The molecule has 0 amide bonds. The average molecular weight is 235 g/mol. The molecule has 0 radical (unpaired) electrons. The number of aliphatic imine (C=N–C) groups is 1. The monoisotopic (exact) mass is 235 g/mol. The molecule has 0 aliphatic carbocycles. The van der Waals surface area contributed by atoms with Crippen LogP contribution in [0.15, 0.2) is 35.3 Å². The minimum atomic E-state index is -1.32. The van der Waals surface area contributed by atoms with Crippen molar-refractivity contribution in [1.82, 2.24) is 4.90 Å². The van der Waals surface area contributed by atoms with E-state index in [0.717, 1.165) is 5.56 Å². The summed E-state index contributed by atoms with van der Waals surface area (Å²) in [4.78, 5) is 5.26. The summed E-state index contributed by atoms with van der Waals surface area (Å²) < 4.78 is 18.6. The van der Waals surface area contributed by atoms with Gasteiger partial charge in [-0.3, -0.25) is 5.41 Å². The normalized spacial score (nSPS) is 19.7. The molecule has 1 heterocycles. The molecule has 2 rings (SSSR count). The van der Waals surface area contributed by atoms with Gasteiger partial charge in [-0.1, -0.05) is 30.3 Å². The molecule has 0 bridgehead atoms. The Morgan fingerprint density at radius 2 is 2.18 bits per heavy atom. The van der Waals surface area contributed by atoms with E-state index < -0.39 is 6.17 Å². The maximum absolute atomic E-state index is 13.1. The molecule has 0 aromatic heterocycles. The van der Waals surface area contributed by atoms with E-state index in [2.05, 4.69) is 4.99 Å². The zero-order valence-electron chi connectivity index (χ0n) is 9.34. The number of alkyl halides is 1. The van der Waals surface area contributed by atoms with E-state index in [1.54, 1.807) is 4.90 Å². The highest BCUT2D eigenvalue weighted by Gasteiger charge is 2.20. The Balaban J connectivity index is 1.76. The molecule has 1 aliphatic heterocycles. The maximum atomic E-state index is 13.1. The summed E-state index contributed by atoms with van der Waals surface area (Å²) in [6, 6.07) is 9.77. The van der Waals surface area contributed by atoms with Gasteiger partial charge in [0.25, 0.3) is 0 Å². The van der Waals surface area contributed by atoms with Gasteiger partial charge in [-0.25, -0.2) is 9.38 Å². The molecule has 1 atom stereocenters. The molecule has 1 aliphatic rings. The highest BCUT2D eigenvalue weighted by Crippen LogP contribution is 2.05. The Morgan fingerprint density at radius 3 is 2.88 bits per heavy atom. The molecule has 0 fully saturated rings. The third kappa shape index (κ3) is 3.35. The third-order valence-electron chi connectivity index (χ3n) is 2.42. The van der Waals surface area contributed by atoms with Crippen molar-refractivity contribution < 1.29 is 9.13 Å². The summed E-state index contributed by atoms with van der Waals surface area (Å²) in [5.41, 5.74) is 1.07. The number of amidine groups is 1. The van der Waals surface area contributed by atoms with Gasteiger partial charge in [-0.2, -0.15) is 0 Å². The summed E-state index contributed by atoms with van der Waals surface area (Å²) >= 11 is 0. The van der Waals surface area contributed by atoms with Crippen molar-refractivity contribution in [2.24, 2.45) is 4.99 Å². The smallest absolute Gasteiger partial charge is 0.176 e. The first kappa shape index (κ1) is 11.7. The van der Waals surface area contributed by atoms with Crippen LogP contribution in [0, 0.1) is 5.41 Å². The Hall–Kier alpha value is -1.75. The molecular formula is C12H14FN3O. The van der Waals surface area contributed by atoms with Crippen molar-refractivity contribution in [3.05, 3.63) is 35.9 Å². The van der Waals surface area contributed by atoms with E-state index in [1.165, 1.54) is 6.34 Å². The SMILES string of the molecule is N=C1N=CN(COCc2ccccc2)CC1F. The summed E-state index contributed by atoms with van der Waals surface area (Å²) in [5.74, 6) is -0.218. The number of nitrogens with zero attached hydrogens (tertiary/aromatic N) is 2. The predicted octanol–water partition coefficient (Wildman–Crippen LogP) is 1.82. The second kappa shape index (κ2) is 5.54. The van der Waals surface area contributed by atoms with Crippen molar-refractivity contribution in [3.8, 4) is 0 Å². The molecular weight excluding hydrogens is 221 g/mol. The molecule has 0 saturated heterocycles. The number of ether oxygens (including phenoxy) is 1. The van der Waals surface area contributed by atoms with Gasteiger partial charge in [-0.05, 0) is 5.56 Å². The first-order valence-electron chi connectivity index (χ1n) is 5.38. The van der Waals surface area contributed by atoms with Gasteiger partial charge < -0.3 is 9.64 Å². The fourth-order valence-corrected chi connectivity index (χ4v) is 1.51. The molecule has 0 saturated carbocycles. The van der Waals surface area contributed by atoms with Crippen LogP contribution in [0.1, 0.15) is 5.56 Å². The lowest BCUT2D eigenvalue weighted by Gasteiger charge is -2.24. The van der Waals surface area contributed by atoms with Gasteiger partial charge in [0.15, 0.2) is 12.0 Å². The second-order valence-electron chi connectivity index (χ2n) is 3.83. The molecule has 4 nitrogen and oxygen atoms in total. The summed E-state index contributed by atoms with van der Waals surface area (Å²) in [5, 5.41) is 7.16. The fourth-order valence-electron chi connectivity index (χ4n) is 1.51. The van der Waals surface area contributed by atoms with Crippen molar-refractivity contribution in [2.75, 3.05) is 13.3 Å². The number of benzene rings is 1. The molecule has 5 heteroatoms. The van der Waals surface area contributed by atoms with Crippen LogP contribution in [0.25, 0.3) is 0 Å². The fraction of sp³-hybridized carbons (Fsp3) is 0.333. The first-order chi connectivity index (χ1) is 8.25. The largest absolute Gasteiger partial charge is 0.356 e. The molecule has 1 unspecified atom stereocenters. The van der Waals surface area contributed by atoms with Crippen LogP contribution in [0.3, 0.4) is 0 Å². The molecule has 0 spiro atoms. The molecule has 90 valence electrons. The minimum absolute atomic E-state index is 0.136. The lowest BCUT2D eigenvalue weighted by molar-refractivity contribution is 0.0491. The van der Waals surface area contributed by atoms with Gasteiger partial charge in [0.05, 0.1) is 19.5 Å². The van der Waals surface area contributed by atoms with Crippen molar-refractivity contribution in [3.63, 3.8) is 0 Å². The molecule has 1 aromatic rings. The lowest BCUT2D eigenvalue weighted by atomic mass is 10.2. The van der Waals surface area contributed by atoms with Crippen molar-refractivity contribution in [2.45, 2.75) is 12.8 Å². The maximum Gasteiger partial charge on any atom is 0.176 e. The van der Waals surface area contributed by atoms with Crippen LogP contribution in [0.2, 0.25) is 0 Å². The van der Waals surface area contributed by atoms with E-state index in [0.29, 0.717) is 6.61 Å². The lowest BCUT2D eigenvalue weighted by Crippen LogP contribution is -2.38. The Morgan fingerprint density at radius 1 is 1.41 bits per heavy atom. The second-order valence-corrected chi connectivity index (χ2v) is 3.83. The third-order valence-corrected chi connectivity index (χ3v) is 2.42. The van der Waals surface area contributed by atoms with Gasteiger partial charge >= 0.3 is 0 Å². The molecule has 1 N–H and O–H groups in total. The Bertz CT molecular complexity index is 407. The van der Waals surface area contributed by atoms with Crippen LogP contribution in [-0.4, -0.2) is 36.5 Å². The van der Waals surface area contributed by atoms with E-state index in [-0.39, 0.29) is 19.1 Å². The van der Waals surface area contributed by atoms with Crippen LogP contribution < -0.4 is 0 Å². The Labute approximate surface area is 99.2 Å². The van der Waals surface area contributed by atoms with Crippen LogP contribution in [0.5, 0.6) is 0 Å². The molecule has 1 aromatic carbocycles. The van der Waals surface area contributed by atoms with E-state index >= 15 is 0 Å².